The number of carboxylic acid groups (broad SMARTS) is 1. The Kier molecular flexibility index (Phi) is 4.35. The molecule has 1 amide bonds. The molecule has 0 saturated heterocycles. The lowest BCUT2D eigenvalue weighted by atomic mass is 10.1. The largest absolute Gasteiger partial charge is 0.497 e. The van der Waals surface area contributed by atoms with Gasteiger partial charge in [0.25, 0.3) is 0 Å². The Bertz CT molecular complexity index is 557. The Labute approximate surface area is 123 Å². The van der Waals surface area contributed by atoms with E-state index in [1.165, 1.54) is 0 Å². The van der Waals surface area contributed by atoms with Crippen molar-refractivity contribution in [2.24, 2.45) is 11.8 Å². The average Bonchev–Trinajstić information content (AvgIpc) is 3.27. The van der Waals surface area contributed by atoms with Crippen molar-refractivity contribution in [2.45, 2.75) is 19.4 Å². The van der Waals surface area contributed by atoms with E-state index in [0.717, 1.165) is 5.56 Å². The summed E-state index contributed by atoms with van der Waals surface area (Å²) in [5, 5.41) is 11.7. The molecule has 1 aromatic carbocycles. The number of carbonyl (C=O) groups is 2. The maximum absolute atomic E-state index is 12.0. The van der Waals surface area contributed by atoms with E-state index in [0.29, 0.717) is 17.9 Å². The average molecular weight is 293 g/mol. The van der Waals surface area contributed by atoms with Crippen LogP contribution in [0.25, 0.3) is 0 Å². The summed E-state index contributed by atoms with van der Waals surface area (Å²) in [6, 6.07) is 5.09. The monoisotopic (exact) mass is 293 g/mol. The fourth-order valence-electron chi connectivity index (χ4n) is 2.33. The zero-order chi connectivity index (χ0) is 15.6. The van der Waals surface area contributed by atoms with Crippen molar-refractivity contribution in [3.63, 3.8) is 0 Å². The number of hydrogen-bond donors (Lipinski definition) is 2. The maximum Gasteiger partial charge on any atom is 0.307 e. The molecule has 0 unspecified atom stereocenters. The van der Waals surface area contributed by atoms with Crippen LogP contribution in [0.3, 0.4) is 0 Å². The van der Waals surface area contributed by atoms with Gasteiger partial charge in [-0.15, -0.1) is 0 Å². The number of carbonyl (C=O) groups excluding carboxylic acids is 1. The molecule has 0 spiro atoms. The van der Waals surface area contributed by atoms with Gasteiger partial charge >= 0.3 is 5.97 Å². The van der Waals surface area contributed by atoms with Gasteiger partial charge in [-0.3, -0.25) is 9.59 Å². The molecule has 2 N–H and O–H groups in total. The molecule has 1 aromatic rings. The molecular formula is C15H19NO5. The smallest absolute Gasteiger partial charge is 0.307 e. The highest BCUT2D eigenvalue weighted by atomic mass is 16.5. The zero-order valence-corrected chi connectivity index (χ0v) is 12.3. The lowest BCUT2D eigenvalue weighted by Crippen LogP contribution is -2.29. The van der Waals surface area contributed by atoms with E-state index in [1.54, 1.807) is 26.4 Å². The highest BCUT2D eigenvalue weighted by Gasteiger charge is 2.48. The molecule has 2 rings (SSSR count). The zero-order valence-electron chi connectivity index (χ0n) is 12.3. The summed E-state index contributed by atoms with van der Waals surface area (Å²) >= 11 is 0. The molecule has 0 aromatic heterocycles. The minimum atomic E-state index is -0.912. The Morgan fingerprint density at radius 1 is 1.29 bits per heavy atom. The van der Waals surface area contributed by atoms with E-state index in [9.17, 15) is 9.59 Å². The topological polar surface area (TPSA) is 84.9 Å². The number of ether oxygens (including phenoxy) is 2. The Morgan fingerprint density at radius 3 is 2.52 bits per heavy atom. The molecule has 6 nitrogen and oxygen atoms in total. The Balaban J connectivity index is 2.05. The predicted octanol–water partition coefficient (Wildman–Crippen LogP) is 1.60. The number of hydrogen-bond acceptors (Lipinski definition) is 4. The number of benzene rings is 1. The molecule has 21 heavy (non-hydrogen) atoms. The van der Waals surface area contributed by atoms with Crippen molar-refractivity contribution < 1.29 is 24.2 Å². The molecule has 3 atom stereocenters. The van der Waals surface area contributed by atoms with Gasteiger partial charge in [0.15, 0.2) is 0 Å². The molecular weight excluding hydrogens is 274 g/mol. The standard InChI is InChI=1S/C15H19NO5/c1-8(16-14(17)11-7-12(11)15(18)19)10-5-4-9(20-2)6-13(10)21-3/h4-6,8,11-12H,7H2,1-3H3,(H,16,17)(H,18,19)/t8-,11+,12+/m0/s1. The van der Waals surface area contributed by atoms with Gasteiger partial charge in [0.2, 0.25) is 5.91 Å². The summed E-state index contributed by atoms with van der Waals surface area (Å²) in [6.07, 6.45) is 0.410. The van der Waals surface area contributed by atoms with Crippen LogP contribution in [0.2, 0.25) is 0 Å². The van der Waals surface area contributed by atoms with Crippen molar-refractivity contribution in [1.82, 2.24) is 5.32 Å². The summed E-state index contributed by atoms with van der Waals surface area (Å²) < 4.78 is 10.4. The summed E-state index contributed by atoms with van der Waals surface area (Å²) in [7, 11) is 3.12. The maximum atomic E-state index is 12.0. The van der Waals surface area contributed by atoms with Crippen molar-refractivity contribution in [3.8, 4) is 11.5 Å². The van der Waals surface area contributed by atoms with Crippen molar-refractivity contribution in [1.29, 1.82) is 0 Å². The SMILES string of the molecule is COc1ccc([C@H](C)NC(=O)[C@@H]2C[C@H]2C(=O)O)c(OC)c1. The second-order valence-electron chi connectivity index (χ2n) is 5.13. The molecule has 1 fully saturated rings. The number of aliphatic carboxylic acids is 1. The van der Waals surface area contributed by atoms with Crippen LogP contribution in [-0.2, 0) is 9.59 Å². The second-order valence-corrected chi connectivity index (χ2v) is 5.13. The van der Waals surface area contributed by atoms with E-state index in [-0.39, 0.29) is 11.9 Å². The third kappa shape index (κ3) is 3.26. The quantitative estimate of drug-likeness (QED) is 0.832. The van der Waals surface area contributed by atoms with Crippen LogP contribution in [0.15, 0.2) is 18.2 Å². The molecule has 6 heteroatoms. The first-order valence-corrected chi connectivity index (χ1v) is 6.73. The second kappa shape index (κ2) is 6.03. The number of carboxylic acids is 1. The third-order valence-electron chi connectivity index (χ3n) is 3.71. The normalized spacial score (nSPS) is 21.3. The van der Waals surface area contributed by atoms with Crippen LogP contribution in [0.5, 0.6) is 11.5 Å². The molecule has 1 saturated carbocycles. The number of nitrogens with one attached hydrogen (secondary N) is 1. The molecule has 114 valence electrons. The predicted molar refractivity (Wildman–Crippen MR) is 75.3 cm³/mol. The number of methoxy groups -OCH3 is 2. The van der Waals surface area contributed by atoms with E-state index in [4.69, 9.17) is 14.6 Å². The minimum absolute atomic E-state index is 0.229. The highest BCUT2D eigenvalue weighted by Crippen LogP contribution is 2.39. The Morgan fingerprint density at radius 2 is 2.00 bits per heavy atom. The van der Waals surface area contributed by atoms with E-state index in [2.05, 4.69) is 5.32 Å². The van der Waals surface area contributed by atoms with Crippen molar-refractivity contribution >= 4 is 11.9 Å². The molecule has 1 aliphatic carbocycles. The van der Waals surface area contributed by atoms with Gasteiger partial charge in [-0.1, -0.05) is 0 Å². The Hall–Kier alpha value is -2.24. The lowest BCUT2D eigenvalue weighted by molar-refractivity contribution is -0.140. The van der Waals surface area contributed by atoms with Crippen LogP contribution < -0.4 is 14.8 Å². The van der Waals surface area contributed by atoms with Gasteiger partial charge in [0, 0.05) is 11.6 Å². The molecule has 0 radical (unpaired) electrons. The highest BCUT2D eigenvalue weighted by molar-refractivity contribution is 5.89. The number of rotatable bonds is 6. The van der Waals surface area contributed by atoms with E-state index in [1.807, 2.05) is 13.0 Å². The molecule has 0 bridgehead atoms. The third-order valence-corrected chi connectivity index (χ3v) is 3.71. The molecule has 0 heterocycles. The molecule has 1 aliphatic rings. The van der Waals surface area contributed by atoms with E-state index >= 15 is 0 Å². The van der Waals surface area contributed by atoms with E-state index < -0.39 is 17.8 Å². The lowest BCUT2D eigenvalue weighted by Gasteiger charge is -2.18. The summed E-state index contributed by atoms with van der Waals surface area (Å²) in [4.78, 5) is 22.8. The first-order valence-electron chi connectivity index (χ1n) is 6.73. The van der Waals surface area contributed by atoms with Gasteiger partial charge in [-0.25, -0.2) is 0 Å². The molecule has 0 aliphatic heterocycles. The van der Waals surface area contributed by atoms with Crippen LogP contribution in [0.1, 0.15) is 24.9 Å². The van der Waals surface area contributed by atoms with Crippen LogP contribution in [0.4, 0.5) is 0 Å². The van der Waals surface area contributed by atoms with Gasteiger partial charge in [-0.2, -0.15) is 0 Å². The first kappa shape index (κ1) is 15.2. The van der Waals surface area contributed by atoms with Crippen molar-refractivity contribution in [2.75, 3.05) is 14.2 Å². The first-order chi connectivity index (χ1) is 9.97. The summed E-state index contributed by atoms with van der Waals surface area (Å²) in [5.74, 6) is -0.822. The van der Waals surface area contributed by atoms with Gasteiger partial charge in [0.1, 0.15) is 11.5 Å². The van der Waals surface area contributed by atoms with Gasteiger partial charge in [-0.05, 0) is 25.5 Å². The summed E-state index contributed by atoms with van der Waals surface area (Å²) in [6.45, 7) is 1.83. The minimum Gasteiger partial charge on any atom is -0.497 e. The van der Waals surface area contributed by atoms with Gasteiger partial charge < -0.3 is 19.9 Å². The van der Waals surface area contributed by atoms with Crippen LogP contribution in [0, 0.1) is 11.8 Å². The van der Waals surface area contributed by atoms with Crippen LogP contribution >= 0.6 is 0 Å². The van der Waals surface area contributed by atoms with Crippen LogP contribution in [-0.4, -0.2) is 31.2 Å². The fraction of sp³-hybridized carbons (Fsp3) is 0.467. The van der Waals surface area contributed by atoms with Crippen molar-refractivity contribution in [3.05, 3.63) is 23.8 Å². The fourth-order valence-corrected chi connectivity index (χ4v) is 2.33. The summed E-state index contributed by atoms with van der Waals surface area (Å²) in [5.41, 5.74) is 0.819. The number of amides is 1. The van der Waals surface area contributed by atoms with Gasteiger partial charge in [0.05, 0.1) is 32.1 Å².